The molecule has 1 aromatic carbocycles. The van der Waals surface area contributed by atoms with Crippen molar-refractivity contribution in [2.45, 2.75) is 13.1 Å². The van der Waals surface area contributed by atoms with Crippen LogP contribution in [0.1, 0.15) is 11.1 Å². The van der Waals surface area contributed by atoms with Crippen molar-refractivity contribution in [3.63, 3.8) is 0 Å². The summed E-state index contributed by atoms with van der Waals surface area (Å²) in [4.78, 5) is 0. The molecule has 0 atom stereocenters. The first kappa shape index (κ1) is 12.4. The Morgan fingerprint density at radius 1 is 1.00 bits per heavy atom. The first-order valence-corrected chi connectivity index (χ1v) is 6.99. The van der Waals surface area contributed by atoms with E-state index in [4.69, 9.17) is 0 Å². The number of aromatic nitrogens is 2. The first-order chi connectivity index (χ1) is 9.34. The van der Waals surface area contributed by atoms with Gasteiger partial charge in [-0.2, -0.15) is 5.10 Å². The zero-order chi connectivity index (χ0) is 13.1. The molecule has 0 saturated carbocycles. The summed E-state index contributed by atoms with van der Waals surface area (Å²) in [6, 6.07) is 14.4. The van der Waals surface area contributed by atoms with Gasteiger partial charge in [0.2, 0.25) is 0 Å². The molecular weight excluding hydrogens is 302 g/mol. The molecule has 19 heavy (non-hydrogen) atoms. The van der Waals surface area contributed by atoms with Crippen LogP contribution in [0.5, 0.6) is 0 Å². The number of halogens is 1. The average Bonchev–Trinajstić information content (AvgIpc) is 2.85. The van der Waals surface area contributed by atoms with Gasteiger partial charge in [0.15, 0.2) is 0 Å². The number of fused-ring (bicyclic) bond motifs is 1. The van der Waals surface area contributed by atoms with Gasteiger partial charge in [-0.15, -0.1) is 0 Å². The molecule has 2 aromatic heterocycles. The third-order valence-corrected chi connectivity index (χ3v) is 3.87. The van der Waals surface area contributed by atoms with Crippen LogP contribution in [0.2, 0.25) is 0 Å². The van der Waals surface area contributed by atoms with E-state index in [2.05, 4.69) is 50.6 Å². The Morgan fingerprint density at radius 3 is 2.68 bits per heavy atom. The molecule has 4 heteroatoms. The van der Waals surface area contributed by atoms with Gasteiger partial charge in [-0.25, -0.2) is 4.52 Å². The highest BCUT2D eigenvalue weighted by Gasteiger charge is 2.03. The van der Waals surface area contributed by atoms with Crippen molar-refractivity contribution in [1.29, 1.82) is 0 Å². The smallest absolute Gasteiger partial charge is 0.0706 e. The van der Waals surface area contributed by atoms with Crippen LogP contribution in [0.15, 0.2) is 59.3 Å². The fraction of sp³-hybridized carbons (Fsp3) is 0.133. The number of benzene rings is 1. The highest BCUT2D eigenvalue weighted by atomic mass is 79.9. The minimum Gasteiger partial charge on any atom is -0.308 e. The van der Waals surface area contributed by atoms with E-state index in [1.807, 2.05) is 35.1 Å². The predicted octanol–water partition coefficient (Wildman–Crippen LogP) is 3.39. The highest BCUT2D eigenvalue weighted by molar-refractivity contribution is 9.10. The molecule has 0 radical (unpaired) electrons. The van der Waals surface area contributed by atoms with Gasteiger partial charge in [-0.1, -0.05) is 40.2 Å². The van der Waals surface area contributed by atoms with Gasteiger partial charge in [-0.05, 0) is 23.8 Å². The standard InChI is InChI=1S/C15H14BrN3/c16-14-6-2-1-5-12(14)9-17-10-13-11-18-19-8-4-3-7-15(13)19/h1-8,11,17H,9-10H2. The molecule has 1 N–H and O–H groups in total. The fourth-order valence-corrected chi connectivity index (χ4v) is 2.52. The second-order valence-corrected chi connectivity index (χ2v) is 5.25. The van der Waals surface area contributed by atoms with E-state index >= 15 is 0 Å². The topological polar surface area (TPSA) is 29.3 Å². The van der Waals surface area contributed by atoms with Crippen molar-refractivity contribution in [3.05, 3.63) is 70.5 Å². The average molecular weight is 316 g/mol. The second kappa shape index (κ2) is 5.55. The highest BCUT2D eigenvalue weighted by Crippen LogP contribution is 2.16. The van der Waals surface area contributed by atoms with Crippen LogP contribution < -0.4 is 5.32 Å². The number of pyridine rings is 1. The normalized spacial score (nSPS) is 11.0. The van der Waals surface area contributed by atoms with Crippen molar-refractivity contribution >= 4 is 21.4 Å². The van der Waals surface area contributed by atoms with Crippen LogP contribution in [0.25, 0.3) is 5.52 Å². The molecule has 0 aliphatic rings. The van der Waals surface area contributed by atoms with E-state index in [1.165, 1.54) is 11.1 Å². The summed E-state index contributed by atoms with van der Waals surface area (Å²) in [6.45, 7) is 1.65. The maximum Gasteiger partial charge on any atom is 0.0706 e. The van der Waals surface area contributed by atoms with Gasteiger partial charge in [0.05, 0.1) is 11.7 Å². The van der Waals surface area contributed by atoms with E-state index in [0.717, 1.165) is 23.1 Å². The third-order valence-electron chi connectivity index (χ3n) is 3.10. The van der Waals surface area contributed by atoms with Crippen molar-refractivity contribution < 1.29 is 0 Å². The van der Waals surface area contributed by atoms with E-state index in [0.29, 0.717) is 0 Å². The summed E-state index contributed by atoms with van der Waals surface area (Å²) in [6.07, 6.45) is 3.88. The molecule has 3 nitrogen and oxygen atoms in total. The van der Waals surface area contributed by atoms with Gasteiger partial charge < -0.3 is 5.32 Å². The molecular formula is C15H14BrN3. The summed E-state index contributed by atoms with van der Waals surface area (Å²) in [5.74, 6) is 0. The van der Waals surface area contributed by atoms with Gasteiger partial charge in [0, 0.05) is 29.3 Å². The van der Waals surface area contributed by atoms with Crippen molar-refractivity contribution in [3.8, 4) is 0 Å². The molecule has 0 aliphatic heterocycles. The third kappa shape index (κ3) is 2.69. The SMILES string of the molecule is Brc1ccccc1CNCc1cnn2ccccc12. The second-order valence-electron chi connectivity index (χ2n) is 4.40. The monoisotopic (exact) mass is 315 g/mol. The zero-order valence-corrected chi connectivity index (χ0v) is 12.0. The summed E-state index contributed by atoms with van der Waals surface area (Å²) in [5, 5.41) is 7.78. The Hall–Kier alpha value is -1.65. The van der Waals surface area contributed by atoms with Gasteiger partial charge in [0.25, 0.3) is 0 Å². The van der Waals surface area contributed by atoms with Crippen LogP contribution >= 0.6 is 15.9 Å². The Balaban J connectivity index is 1.68. The molecule has 0 unspecified atom stereocenters. The quantitative estimate of drug-likeness (QED) is 0.799. The van der Waals surface area contributed by atoms with E-state index < -0.39 is 0 Å². The predicted molar refractivity (Wildman–Crippen MR) is 79.9 cm³/mol. The number of nitrogens with one attached hydrogen (secondary N) is 1. The lowest BCUT2D eigenvalue weighted by atomic mass is 10.2. The summed E-state index contributed by atoms with van der Waals surface area (Å²) in [5.41, 5.74) is 3.63. The Morgan fingerprint density at radius 2 is 1.79 bits per heavy atom. The van der Waals surface area contributed by atoms with Crippen LogP contribution in [-0.4, -0.2) is 9.61 Å². The minimum absolute atomic E-state index is 0.814. The minimum atomic E-state index is 0.814. The Labute approximate surface area is 120 Å². The molecule has 0 spiro atoms. The lowest BCUT2D eigenvalue weighted by molar-refractivity contribution is 0.694. The van der Waals surface area contributed by atoms with Crippen molar-refractivity contribution in [2.24, 2.45) is 0 Å². The maximum absolute atomic E-state index is 4.33. The molecule has 3 aromatic rings. The van der Waals surface area contributed by atoms with Crippen LogP contribution in [0.4, 0.5) is 0 Å². The Kier molecular flexibility index (Phi) is 3.62. The molecule has 0 amide bonds. The van der Waals surface area contributed by atoms with Crippen LogP contribution in [0, 0.1) is 0 Å². The fourth-order valence-electron chi connectivity index (χ4n) is 2.10. The molecule has 0 fully saturated rings. The molecule has 0 aliphatic carbocycles. The number of rotatable bonds is 4. The van der Waals surface area contributed by atoms with E-state index in [1.54, 1.807) is 0 Å². The van der Waals surface area contributed by atoms with E-state index in [9.17, 15) is 0 Å². The van der Waals surface area contributed by atoms with Gasteiger partial charge in [-0.3, -0.25) is 0 Å². The Bertz CT molecular complexity index is 690. The number of hydrogen-bond donors (Lipinski definition) is 1. The van der Waals surface area contributed by atoms with Crippen molar-refractivity contribution in [1.82, 2.24) is 14.9 Å². The van der Waals surface area contributed by atoms with Crippen molar-refractivity contribution in [2.75, 3.05) is 0 Å². The lowest BCUT2D eigenvalue weighted by Gasteiger charge is -2.06. The first-order valence-electron chi connectivity index (χ1n) is 6.20. The van der Waals surface area contributed by atoms with E-state index in [-0.39, 0.29) is 0 Å². The lowest BCUT2D eigenvalue weighted by Crippen LogP contribution is -2.12. The number of hydrogen-bond acceptors (Lipinski definition) is 2. The van der Waals surface area contributed by atoms with Gasteiger partial charge in [0.1, 0.15) is 0 Å². The summed E-state index contributed by atoms with van der Waals surface area (Å²) in [7, 11) is 0. The molecule has 2 heterocycles. The van der Waals surface area contributed by atoms with Crippen LogP contribution in [0.3, 0.4) is 0 Å². The largest absolute Gasteiger partial charge is 0.308 e. The molecule has 96 valence electrons. The van der Waals surface area contributed by atoms with Crippen LogP contribution in [-0.2, 0) is 13.1 Å². The molecule has 0 bridgehead atoms. The molecule has 0 saturated heterocycles. The number of nitrogens with zero attached hydrogens (tertiary/aromatic N) is 2. The maximum atomic E-state index is 4.33. The zero-order valence-electron chi connectivity index (χ0n) is 10.4. The summed E-state index contributed by atoms with van der Waals surface area (Å²) >= 11 is 3.56. The van der Waals surface area contributed by atoms with Gasteiger partial charge >= 0.3 is 0 Å². The summed E-state index contributed by atoms with van der Waals surface area (Å²) < 4.78 is 3.04. The molecule has 3 rings (SSSR count).